The number of carbonyl (C=O) groups is 1. The van der Waals surface area contributed by atoms with Crippen molar-refractivity contribution in [3.8, 4) is 16.9 Å². The van der Waals surface area contributed by atoms with Gasteiger partial charge < -0.3 is 4.74 Å². The van der Waals surface area contributed by atoms with Crippen LogP contribution in [0.2, 0.25) is 10.0 Å². The van der Waals surface area contributed by atoms with Gasteiger partial charge in [0.2, 0.25) is 0 Å². The number of rotatable bonds is 4. The molecule has 3 aromatic carbocycles. The Balaban J connectivity index is 2.18. The van der Waals surface area contributed by atoms with Crippen molar-refractivity contribution in [3.05, 3.63) is 87.9 Å². The van der Waals surface area contributed by atoms with Crippen molar-refractivity contribution < 1.29 is 9.53 Å². The SMILES string of the molecule is COc1c(-c2ccccc2)cc(Cl)c(C(=O)c2ccccc2)c1Cl. The van der Waals surface area contributed by atoms with Crippen LogP contribution >= 0.6 is 23.2 Å². The molecule has 0 saturated carbocycles. The monoisotopic (exact) mass is 356 g/mol. The molecule has 0 amide bonds. The molecule has 0 atom stereocenters. The maximum atomic E-state index is 12.8. The summed E-state index contributed by atoms with van der Waals surface area (Å²) >= 11 is 12.9. The summed E-state index contributed by atoms with van der Waals surface area (Å²) in [5.74, 6) is 0.204. The Hall–Kier alpha value is -2.29. The summed E-state index contributed by atoms with van der Waals surface area (Å²) in [4.78, 5) is 12.8. The fraction of sp³-hybridized carbons (Fsp3) is 0.0500. The number of methoxy groups -OCH3 is 1. The second kappa shape index (κ2) is 7.08. The first-order chi connectivity index (χ1) is 11.6. The average Bonchev–Trinajstić information content (AvgIpc) is 2.62. The van der Waals surface area contributed by atoms with E-state index in [-0.39, 0.29) is 16.4 Å². The number of halogens is 2. The second-order valence-corrected chi connectivity index (χ2v) is 5.97. The predicted octanol–water partition coefficient (Wildman–Crippen LogP) is 5.90. The molecule has 0 aliphatic heterocycles. The van der Waals surface area contributed by atoms with E-state index < -0.39 is 0 Å². The van der Waals surface area contributed by atoms with E-state index >= 15 is 0 Å². The number of ketones is 1. The van der Waals surface area contributed by atoms with Gasteiger partial charge in [-0.1, -0.05) is 83.9 Å². The summed E-state index contributed by atoms with van der Waals surface area (Å²) in [6, 6.07) is 20.2. The standard InChI is InChI=1S/C20H14Cl2O2/c1-24-20-15(13-8-4-2-5-9-13)12-16(21)17(18(20)22)19(23)14-10-6-3-7-11-14/h2-12H,1H3. The van der Waals surface area contributed by atoms with Gasteiger partial charge in [-0.2, -0.15) is 0 Å². The molecule has 3 rings (SSSR count). The third-order valence-corrected chi connectivity index (χ3v) is 4.38. The van der Waals surface area contributed by atoms with Crippen LogP contribution in [0.5, 0.6) is 5.75 Å². The molecule has 0 bridgehead atoms. The van der Waals surface area contributed by atoms with Gasteiger partial charge in [-0.15, -0.1) is 0 Å². The molecule has 0 aromatic heterocycles. The lowest BCUT2D eigenvalue weighted by Crippen LogP contribution is -2.05. The zero-order chi connectivity index (χ0) is 17.1. The fourth-order valence-corrected chi connectivity index (χ4v) is 3.28. The van der Waals surface area contributed by atoms with Crippen LogP contribution in [-0.2, 0) is 0 Å². The Morgan fingerprint density at radius 2 is 1.50 bits per heavy atom. The molecule has 3 aromatic rings. The highest BCUT2D eigenvalue weighted by Crippen LogP contribution is 2.42. The average molecular weight is 357 g/mol. The van der Waals surface area contributed by atoms with E-state index in [0.29, 0.717) is 16.3 Å². The third-order valence-electron chi connectivity index (χ3n) is 3.73. The lowest BCUT2D eigenvalue weighted by Gasteiger charge is -2.15. The molecule has 0 aliphatic carbocycles. The van der Waals surface area contributed by atoms with Gasteiger partial charge in [0, 0.05) is 11.1 Å². The summed E-state index contributed by atoms with van der Waals surface area (Å²) in [5, 5.41) is 0.520. The minimum atomic E-state index is -0.233. The number of ether oxygens (including phenoxy) is 1. The molecular weight excluding hydrogens is 343 g/mol. The quantitative estimate of drug-likeness (QED) is 0.544. The molecule has 0 heterocycles. The normalized spacial score (nSPS) is 10.5. The predicted molar refractivity (Wildman–Crippen MR) is 98.3 cm³/mol. The largest absolute Gasteiger partial charge is 0.495 e. The minimum Gasteiger partial charge on any atom is -0.495 e. The summed E-state index contributed by atoms with van der Waals surface area (Å²) < 4.78 is 5.47. The van der Waals surface area contributed by atoms with Gasteiger partial charge in [0.05, 0.1) is 22.7 Å². The zero-order valence-corrected chi connectivity index (χ0v) is 14.4. The van der Waals surface area contributed by atoms with Crippen LogP contribution in [0.4, 0.5) is 0 Å². The summed E-state index contributed by atoms with van der Waals surface area (Å²) in [6.07, 6.45) is 0. The van der Waals surface area contributed by atoms with Gasteiger partial charge in [-0.25, -0.2) is 0 Å². The van der Waals surface area contributed by atoms with Crippen LogP contribution < -0.4 is 4.74 Å². The second-order valence-electron chi connectivity index (χ2n) is 5.19. The van der Waals surface area contributed by atoms with E-state index in [9.17, 15) is 4.79 Å². The van der Waals surface area contributed by atoms with Crippen LogP contribution in [-0.4, -0.2) is 12.9 Å². The van der Waals surface area contributed by atoms with Crippen LogP contribution in [0.3, 0.4) is 0 Å². The van der Waals surface area contributed by atoms with Crippen LogP contribution in [0, 0.1) is 0 Å². The smallest absolute Gasteiger partial charge is 0.196 e. The molecule has 0 aliphatic rings. The topological polar surface area (TPSA) is 26.3 Å². The zero-order valence-electron chi connectivity index (χ0n) is 12.9. The third kappa shape index (κ3) is 3.03. The summed E-state index contributed by atoms with van der Waals surface area (Å²) in [7, 11) is 1.53. The van der Waals surface area contributed by atoms with Crippen LogP contribution in [0.15, 0.2) is 66.7 Å². The Labute approximate surface area is 150 Å². The molecule has 120 valence electrons. The van der Waals surface area contributed by atoms with E-state index in [1.54, 1.807) is 30.3 Å². The molecule has 0 spiro atoms. The van der Waals surface area contributed by atoms with Crippen LogP contribution in [0.25, 0.3) is 11.1 Å². The van der Waals surface area contributed by atoms with Gasteiger partial charge in [-0.05, 0) is 11.6 Å². The van der Waals surface area contributed by atoms with Crippen LogP contribution in [0.1, 0.15) is 15.9 Å². The van der Waals surface area contributed by atoms with Crippen molar-refractivity contribution in [2.75, 3.05) is 7.11 Å². The molecule has 4 heteroatoms. The van der Waals surface area contributed by atoms with Crippen molar-refractivity contribution >= 4 is 29.0 Å². The maximum absolute atomic E-state index is 12.8. The Morgan fingerprint density at radius 1 is 0.917 bits per heavy atom. The van der Waals surface area contributed by atoms with E-state index in [2.05, 4.69) is 0 Å². The Bertz CT molecular complexity index is 875. The minimum absolute atomic E-state index is 0.220. The van der Waals surface area contributed by atoms with E-state index in [0.717, 1.165) is 11.1 Å². The van der Waals surface area contributed by atoms with E-state index in [1.807, 2.05) is 36.4 Å². The fourth-order valence-electron chi connectivity index (χ4n) is 2.57. The highest BCUT2D eigenvalue weighted by atomic mass is 35.5. The van der Waals surface area contributed by atoms with Crippen molar-refractivity contribution in [3.63, 3.8) is 0 Å². The first-order valence-electron chi connectivity index (χ1n) is 7.34. The maximum Gasteiger partial charge on any atom is 0.196 e. The van der Waals surface area contributed by atoms with Crippen molar-refractivity contribution in [1.82, 2.24) is 0 Å². The molecule has 0 unspecified atom stereocenters. The van der Waals surface area contributed by atoms with Crippen molar-refractivity contribution in [2.24, 2.45) is 0 Å². The summed E-state index contributed by atoms with van der Waals surface area (Å²) in [6.45, 7) is 0. The molecule has 0 fully saturated rings. The first-order valence-corrected chi connectivity index (χ1v) is 8.10. The van der Waals surface area contributed by atoms with Gasteiger partial charge in [0.25, 0.3) is 0 Å². The molecule has 24 heavy (non-hydrogen) atoms. The molecule has 0 saturated heterocycles. The van der Waals surface area contributed by atoms with Crippen molar-refractivity contribution in [1.29, 1.82) is 0 Å². The lowest BCUT2D eigenvalue weighted by atomic mass is 9.98. The molecule has 0 radical (unpaired) electrons. The Kier molecular flexibility index (Phi) is 4.89. The highest BCUT2D eigenvalue weighted by Gasteiger charge is 2.23. The molecular formula is C20H14Cl2O2. The summed E-state index contributed by atoms with van der Waals surface area (Å²) in [5.41, 5.74) is 2.44. The molecule has 2 nitrogen and oxygen atoms in total. The van der Waals surface area contributed by atoms with Gasteiger partial charge >= 0.3 is 0 Å². The van der Waals surface area contributed by atoms with E-state index in [4.69, 9.17) is 27.9 Å². The Morgan fingerprint density at radius 3 is 2.08 bits per heavy atom. The van der Waals surface area contributed by atoms with Gasteiger partial charge in [0.15, 0.2) is 5.78 Å². The van der Waals surface area contributed by atoms with Gasteiger partial charge in [-0.3, -0.25) is 4.79 Å². The first kappa shape index (κ1) is 16.6. The number of hydrogen-bond donors (Lipinski definition) is 0. The van der Waals surface area contributed by atoms with Crippen molar-refractivity contribution in [2.45, 2.75) is 0 Å². The van der Waals surface area contributed by atoms with E-state index in [1.165, 1.54) is 7.11 Å². The highest BCUT2D eigenvalue weighted by molar-refractivity contribution is 6.42. The number of carbonyl (C=O) groups excluding carboxylic acids is 1. The molecule has 0 N–H and O–H groups in total. The van der Waals surface area contributed by atoms with Gasteiger partial charge in [0.1, 0.15) is 5.75 Å². The lowest BCUT2D eigenvalue weighted by molar-refractivity contribution is 0.103. The number of hydrogen-bond acceptors (Lipinski definition) is 2. The number of benzene rings is 3.